The third-order valence-corrected chi connectivity index (χ3v) is 11.7. The molecular formula is C34H36N6O5S2. The number of hydrogen-bond donors (Lipinski definition) is 1. The first-order valence-corrected chi connectivity index (χ1v) is 18.6. The average Bonchev–Trinajstić information content (AvgIpc) is 3.61. The molecule has 0 spiro atoms. The van der Waals surface area contributed by atoms with Gasteiger partial charge in [-0.3, -0.25) is 19.8 Å². The van der Waals surface area contributed by atoms with Crippen LogP contribution in [-0.4, -0.2) is 83.5 Å². The largest absolute Gasteiger partial charge is 0.467 e. The Morgan fingerprint density at radius 2 is 1.74 bits per heavy atom. The summed E-state index contributed by atoms with van der Waals surface area (Å²) in [5, 5.41) is 2.80. The lowest BCUT2D eigenvalue weighted by atomic mass is 10.0. The minimum absolute atomic E-state index is 0.0593. The van der Waals surface area contributed by atoms with Gasteiger partial charge >= 0.3 is 0 Å². The molecule has 13 heteroatoms. The fraction of sp³-hybridized carbons (Fsp3) is 0.382. The Morgan fingerprint density at radius 3 is 2.45 bits per heavy atom. The number of anilines is 1. The van der Waals surface area contributed by atoms with Crippen molar-refractivity contribution in [2.75, 3.05) is 36.8 Å². The van der Waals surface area contributed by atoms with Crippen LogP contribution in [0.2, 0.25) is 0 Å². The topological polar surface area (TPSA) is 135 Å². The van der Waals surface area contributed by atoms with Gasteiger partial charge in [0.05, 0.1) is 27.1 Å². The summed E-state index contributed by atoms with van der Waals surface area (Å²) < 4.78 is 34.0. The van der Waals surface area contributed by atoms with E-state index in [2.05, 4.69) is 27.1 Å². The highest BCUT2D eigenvalue weighted by Gasteiger charge is 2.37. The summed E-state index contributed by atoms with van der Waals surface area (Å²) in [5.41, 5.74) is 4.48. The molecule has 0 aliphatic carbocycles. The molecule has 3 aliphatic rings. The second-order valence-electron chi connectivity index (χ2n) is 12.1. The molecule has 47 heavy (non-hydrogen) atoms. The number of aryl methyl sites for hydroxylation is 1. The second-order valence-corrected chi connectivity index (χ2v) is 15.3. The molecule has 1 saturated heterocycles. The molecule has 244 valence electrons. The van der Waals surface area contributed by atoms with Crippen LogP contribution in [0.3, 0.4) is 0 Å². The Morgan fingerprint density at radius 1 is 1.02 bits per heavy atom. The molecule has 7 rings (SSSR count). The van der Waals surface area contributed by atoms with Crippen LogP contribution in [0, 0.1) is 0 Å². The zero-order valence-corrected chi connectivity index (χ0v) is 27.7. The van der Waals surface area contributed by atoms with Gasteiger partial charge in [-0.2, -0.15) is 0 Å². The molecule has 0 radical (unpaired) electrons. The Hall–Kier alpha value is -4.20. The predicted octanol–water partition coefficient (Wildman–Crippen LogP) is 4.50. The number of sulfone groups is 1. The number of rotatable bonds is 10. The third kappa shape index (κ3) is 6.52. The van der Waals surface area contributed by atoms with E-state index in [1.165, 1.54) is 11.3 Å². The molecular weight excluding hydrogens is 637 g/mol. The van der Waals surface area contributed by atoms with Crippen molar-refractivity contribution in [2.24, 2.45) is 0 Å². The maximum atomic E-state index is 13.4. The van der Waals surface area contributed by atoms with Gasteiger partial charge in [-0.1, -0.05) is 42.9 Å². The minimum atomic E-state index is -3.70. The lowest BCUT2D eigenvalue weighted by Gasteiger charge is -2.31. The highest BCUT2D eigenvalue weighted by atomic mass is 32.2. The Labute approximate surface area is 277 Å². The van der Waals surface area contributed by atoms with Crippen LogP contribution in [0.15, 0.2) is 60.9 Å². The number of benzene rings is 2. The van der Waals surface area contributed by atoms with Gasteiger partial charge in [0, 0.05) is 51.4 Å². The normalized spacial score (nSPS) is 18.9. The van der Waals surface area contributed by atoms with Crippen LogP contribution in [0.1, 0.15) is 64.4 Å². The molecule has 2 aromatic heterocycles. The van der Waals surface area contributed by atoms with Gasteiger partial charge < -0.3 is 9.64 Å². The fourth-order valence-electron chi connectivity index (χ4n) is 6.33. The van der Waals surface area contributed by atoms with E-state index < -0.39 is 27.0 Å². The average molecular weight is 673 g/mol. The fourth-order valence-corrected chi connectivity index (χ4v) is 8.69. The predicted molar refractivity (Wildman–Crippen MR) is 181 cm³/mol. The van der Waals surface area contributed by atoms with Gasteiger partial charge in [0.2, 0.25) is 5.95 Å². The first-order chi connectivity index (χ1) is 22.8. The van der Waals surface area contributed by atoms with Gasteiger partial charge in [-0.15, -0.1) is 0 Å². The van der Waals surface area contributed by atoms with E-state index in [0.29, 0.717) is 29.3 Å². The number of thiazole rings is 1. The Bertz CT molecular complexity index is 1920. The summed E-state index contributed by atoms with van der Waals surface area (Å²) in [4.78, 5) is 42.5. The summed E-state index contributed by atoms with van der Waals surface area (Å²) in [6.07, 6.45) is 10.1. The van der Waals surface area contributed by atoms with E-state index in [-0.39, 0.29) is 18.4 Å². The van der Waals surface area contributed by atoms with Crippen LogP contribution in [-0.2, 0) is 16.3 Å². The molecule has 4 aromatic rings. The number of ether oxygens (including phenoxy) is 1. The van der Waals surface area contributed by atoms with Crippen LogP contribution < -0.4 is 15.0 Å². The molecule has 1 atom stereocenters. The van der Waals surface area contributed by atoms with E-state index in [0.717, 1.165) is 76.5 Å². The van der Waals surface area contributed by atoms with Crippen molar-refractivity contribution in [3.8, 4) is 5.19 Å². The number of nitrogens with zero attached hydrogens (tertiary/aromatic N) is 5. The summed E-state index contributed by atoms with van der Waals surface area (Å²) >= 11 is 1.49. The number of fused-ring (bicyclic) bond motifs is 2. The summed E-state index contributed by atoms with van der Waals surface area (Å²) in [5.74, 6) is -0.474. The van der Waals surface area contributed by atoms with Crippen molar-refractivity contribution in [3.63, 3.8) is 0 Å². The molecule has 1 fully saturated rings. The molecule has 0 bridgehead atoms. The first kappa shape index (κ1) is 31.4. The number of carbonyl (C=O) groups excluding carboxylic acids is 2. The zero-order chi connectivity index (χ0) is 32.5. The number of aromatic nitrogens is 3. The maximum Gasteiger partial charge on any atom is 0.274 e. The Balaban J connectivity index is 0.976. The standard InChI is InChI=1S/C34H36N6O5S2/c1-2-5-22-20-36-33(37-21-22)39-14-11-25(12-15-39)45-34-38-28-9-8-23(18-29(28)46-34)24-10-13-35-30(19-24)47(43,44)17-16-40-31(41)26-6-3-4-7-27(26)32(40)42/h3-4,6-9,18-21,25,30,35H,2,5,10-17H2,1H3. The van der Waals surface area contributed by atoms with Gasteiger partial charge in [-0.05, 0) is 59.9 Å². The molecule has 11 nitrogen and oxygen atoms in total. The number of imide groups is 1. The highest BCUT2D eigenvalue weighted by molar-refractivity contribution is 7.92. The van der Waals surface area contributed by atoms with E-state index in [1.54, 1.807) is 30.3 Å². The molecule has 0 saturated carbocycles. The molecule has 2 aromatic carbocycles. The van der Waals surface area contributed by atoms with Crippen LogP contribution >= 0.6 is 11.3 Å². The van der Waals surface area contributed by atoms with Crippen molar-refractivity contribution in [1.29, 1.82) is 0 Å². The summed E-state index contributed by atoms with van der Waals surface area (Å²) in [6.45, 7) is 4.08. The van der Waals surface area contributed by atoms with Gasteiger partial charge in [-0.25, -0.2) is 23.4 Å². The van der Waals surface area contributed by atoms with E-state index >= 15 is 0 Å². The third-order valence-electron chi connectivity index (χ3n) is 8.92. The molecule has 1 unspecified atom stereocenters. The number of hydrogen-bond acceptors (Lipinski definition) is 11. The summed E-state index contributed by atoms with van der Waals surface area (Å²) in [6, 6.07) is 12.5. The van der Waals surface area contributed by atoms with E-state index in [1.807, 2.05) is 30.6 Å². The molecule has 5 heterocycles. The van der Waals surface area contributed by atoms with Crippen molar-refractivity contribution in [1.82, 2.24) is 25.2 Å². The first-order valence-electron chi connectivity index (χ1n) is 16.0. The quantitative estimate of drug-likeness (QED) is 0.240. The lowest BCUT2D eigenvalue weighted by Crippen LogP contribution is -2.43. The number of amides is 2. The summed E-state index contributed by atoms with van der Waals surface area (Å²) in [7, 11) is -3.70. The van der Waals surface area contributed by atoms with Crippen LogP contribution in [0.25, 0.3) is 15.8 Å². The van der Waals surface area contributed by atoms with Gasteiger partial charge in [0.1, 0.15) is 11.5 Å². The molecule has 2 amide bonds. The molecule has 3 aliphatic heterocycles. The van der Waals surface area contributed by atoms with Gasteiger partial charge in [0.25, 0.3) is 17.0 Å². The van der Waals surface area contributed by atoms with Crippen LogP contribution in [0.5, 0.6) is 5.19 Å². The Kier molecular flexibility index (Phi) is 8.77. The monoisotopic (exact) mass is 672 g/mol. The van der Waals surface area contributed by atoms with Crippen molar-refractivity contribution in [2.45, 2.75) is 50.5 Å². The smallest absolute Gasteiger partial charge is 0.274 e. The van der Waals surface area contributed by atoms with Crippen molar-refractivity contribution < 1.29 is 22.7 Å². The van der Waals surface area contributed by atoms with E-state index in [4.69, 9.17) is 9.72 Å². The SMILES string of the molecule is CCCc1cnc(N2CCC(Oc3nc4ccc(C5=CC(S(=O)(=O)CCN6C(=O)c7ccccc7C6=O)NCC5)cc4s3)CC2)nc1. The number of carbonyl (C=O) groups is 2. The van der Waals surface area contributed by atoms with E-state index in [9.17, 15) is 18.0 Å². The van der Waals surface area contributed by atoms with Crippen LogP contribution in [0.4, 0.5) is 5.95 Å². The van der Waals surface area contributed by atoms with Crippen molar-refractivity contribution >= 4 is 54.7 Å². The number of nitrogens with one attached hydrogen (secondary N) is 1. The van der Waals surface area contributed by atoms with Crippen molar-refractivity contribution in [3.05, 3.63) is 83.2 Å². The zero-order valence-electron chi connectivity index (χ0n) is 26.1. The molecule has 1 N–H and O–H groups in total. The second kappa shape index (κ2) is 13.1. The maximum absolute atomic E-state index is 13.4. The minimum Gasteiger partial charge on any atom is -0.467 e. The van der Waals surface area contributed by atoms with Gasteiger partial charge in [0.15, 0.2) is 9.84 Å². The highest BCUT2D eigenvalue weighted by Crippen LogP contribution is 2.34. The number of piperidine rings is 1. The lowest BCUT2D eigenvalue weighted by molar-refractivity contribution is 0.0664.